The fraction of sp³-hybridized carbons (Fsp3) is 0.211. The first-order chi connectivity index (χ1) is 12.5. The number of aromatic carboxylic acids is 1. The number of amides is 2. The normalized spacial score (nSPS) is 14.0. The zero-order valence-corrected chi connectivity index (χ0v) is 14.1. The first-order valence-electron chi connectivity index (χ1n) is 8.17. The number of nitrogens with one attached hydrogen (secondary N) is 2. The minimum Gasteiger partial charge on any atom is -0.481 e. The van der Waals surface area contributed by atoms with Gasteiger partial charge < -0.3 is 20.5 Å². The fourth-order valence-electron chi connectivity index (χ4n) is 2.76. The molecular formula is C19H18N2O5. The Morgan fingerprint density at radius 1 is 1.15 bits per heavy atom. The zero-order valence-electron chi connectivity index (χ0n) is 14.1. The van der Waals surface area contributed by atoms with Crippen LogP contribution in [0.1, 0.15) is 29.3 Å². The molecule has 0 aromatic heterocycles. The summed E-state index contributed by atoms with van der Waals surface area (Å²) in [4.78, 5) is 35.1. The molecule has 3 N–H and O–H groups in total. The molecule has 0 saturated carbocycles. The minimum absolute atomic E-state index is 0.00727. The van der Waals surface area contributed by atoms with Gasteiger partial charge in [-0.3, -0.25) is 9.59 Å². The second-order valence-corrected chi connectivity index (χ2v) is 5.93. The second kappa shape index (κ2) is 7.26. The number of benzene rings is 2. The largest absolute Gasteiger partial charge is 0.481 e. The summed E-state index contributed by atoms with van der Waals surface area (Å²) < 4.78 is 5.77. The third kappa shape index (κ3) is 3.66. The lowest BCUT2D eigenvalue weighted by Crippen LogP contribution is -2.31. The molecule has 7 nitrogen and oxygen atoms in total. The molecule has 0 radical (unpaired) electrons. The van der Waals surface area contributed by atoms with Crippen molar-refractivity contribution in [2.75, 3.05) is 10.6 Å². The lowest BCUT2D eigenvalue weighted by Gasteiger charge is -2.22. The van der Waals surface area contributed by atoms with Crippen LogP contribution in [0.4, 0.5) is 11.4 Å². The second-order valence-electron chi connectivity index (χ2n) is 5.93. The van der Waals surface area contributed by atoms with Gasteiger partial charge in [-0.05, 0) is 37.6 Å². The van der Waals surface area contributed by atoms with Gasteiger partial charge in [0.2, 0.25) is 5.91 Å². The number of fused-ring (bicyclic) bond motifs is 1. The average molecular weight is 354 g/mol. The van der Waals surface area contributed by atoms with E-state index in [1.807, 2.05) is 0 Å². The predicted molar refractivity (Wildman–Crippen MR) is 95.5 cm³/mol. The minimum atomic E-state index is -1.12. The van der Waals surface area contributed by atoms with E-state index in [4.69, 9.17) is 4.74 Å². The summed E-state index contributed by atoms with van der Waals surface area (Å²) in [6.45, 7) is 1.58. The molecule has 1 heterocycles. The van der Waals surface area contributed by atoms with E-state index in [0.717, 1.165) is 5.56 Å². The lowest BCUT2D eigenvalue weighted by atomic mass is 10.0. The van der Waals surface area contributed by atoms with E-state index in [-0.39, 0.29) is 17.2 Å². The summed E-state index contributed by atoms with van der Waals surface area (Å²) in [5, 5.41) is 14.6. The van der Waals surface area contributed by atoms with Crippen molar-refractivity contribution in [2.45, 2.75) is 25.9 Å². The van der Waals surface area contributed by atoms with Crippen LogP contribution in [0.5, 0.6) is 5.75 Å². The van der Waals surface area contributed by atoms with Crippen LogP contribution in [0.3, 0.4) is 0 Å². The number of carboxylic acids is 1. The fourth-order valence-corrected chi connectivity index (χ4v) is 2.76. The van der Waals surface area contributed by atoms with Crippen molar-refractivity contribution < 1.29 is 24.2 Å². The maximum absolute atomic E-state index is 12.4. The summed E-state index contributed by atoms with van der Waals surface area (Å²) >= 11 is 0. The summed E-state index contributed by atoms with van der Waals surface area (Å²) in [6, 6.07) is 11.4. The maximum Gasteiger partial charge on any atom is 0.337 e. The van der Waals surface area contributed by atoms with Crippen LogP contribution in [0.2, 0.25) is 0 Å². The van der Waals surface area contributed by atoms with Crippen molar-refractivity contribution in [3.8, 4) is 5.75 Å². The first kappa shape index (κ1) is 17.5. The Morgan fingerprint density at radius 3 is 2.69 bits per heavy atom. The molecule has 134 valence electrons. The van der Waals surface area contributed by atoms with Crippen LogP contribution in [-0.2, 0) is 16.0 Å². The Bertz CT molecular complexity index is 878. The number of carboxylic acid groups (broad SMARTS) is 1. The summed E-state index contributed by atoms with van der Waals surface area (Å²) in [7, 11) is 0. The highest BCUT2D eigenvalue weighted by Crippen LogP contribution is 2.31. The van der Waals surface area contributed by atoms with Crippen LogP contribution in [0, 0.1) is 0 Å². The summed E-state index contributed by atoms with van der Waals surface area (Å²) in [6.07, 6.45) is 0.0500. The Morgan fingerprint density at radius 2 is 1.92 bits per heavy atom. The van der Waals surface area contributed by atoms with E-state index in [1.165, 1.54) is 12.1 Å². The van der Waals surface area contributed by atoms with Crippen molar-refractivity contribution in [3.05, 3.63) is 53.6 Å². The Labute approximate surface area is 150 Å². The molecule has 3 rings (SSSR count). The molecule has 1 aliphatic rings. The SMILES string of the molecule is CC(Oc1cccc2c1CCC(=O)N2)C(=O)Nc1ccccc1C(=O)O. The molecule has 2 aromatic rings. The van der Waals surface area contributed by atoms with Gasteiger partial charge in [0.15, 0.2) is 6.10 Å². The van der Waals surface area contributed by atoms with Gasteiger partial charge in [0, 0.05) is 17.7 Å². The van der Waals surface area contributed by atoms with Gasteiger partial charge in [-0.2, -0.15) is 0 Å². The zero-order chi connectivity index (χ0) is 18.7. The smallest absolute Gasteiger partial charge is 0.337 e. The van der Waals surface area contributed by atoms with E-state index in [1.54, 1.807) is 37.3 Å². The highest BCUT2D eigenvalue weighted by atomic mass is 16.5. The van der Waals surface area contributed by atoms with Gasteiger partial charge in [-0.15, -0.1) is 0 Å². The average Bonchev–Trinajstić information content (AvgIpc) is 2.61. The van der Waals surface area contributed by atoms with E-state index in [9.17, 15) is 19.5 Å². The quantitative estimate of drug-likeness (QED) is 0.766. The Kier molecular flexibility index (Phi) is 4.88. The van der Waals surface area contributed by atoms with Crippen molar-refractivity contribution in [3.63, 3.8) is 0 Å². The molecule has 0 bridgehead atoms. The molecule has 26 heavy (non-hydrogen) atoms. The summed E-state index contributed by atoms with van der Waals surface area (Å²) in [5.41, 5.74) is 1.75. The number of ether oxygens (including phenoxy) is 1. The number of carbonyl (C=O) groups is 3. The first-order valence-corrected chi connectivity index (χ1v) is 8.17. The molecule has 0 spiro atoms. The number of para-hydroxylation sites is 1. The number of carbonyl (C=O) groups excluding carboxylic acids is 2. The maximum atomic E-state index is 12.4. The van der Waals surface area contributed by atoms with E-state index < -0.39 is 18.0 Å². The predicted octanol–water partition coefficient (Wildman–Crippen LogP) is 2.68. The number of rotatable bonds is 5. The third-order valence-corrected chi connectivity index (χ3v) is 4.10. The van der Waals surface area contributed by atoms with E-state index >= 15 is 0 Å². The Hall–Kier alpha value is -3.35. The van der Waals surface area contributed by atoms with Crippen LogP contribution in [0.25, 0.3) is 0 Å². The van der Waals surface area contributed by atoms with Crippen molar-refractivity contribution >= 4 is 29.2 Å². The number of anilines is 2. The van der Waals surface area contributed by atoms with Crippen molar-refractivity contribution in [2.24, 2.45) is 0 Å². The van der Waals surface area contributed by atoms with Crippen LogP contribution in [0.15, 0.2) is 42.5 Å². The van der Waals surface area contributed by atoms with Crippen molar-refractivity contribution in [1.82, 2.24) is 0 Å². The molecular weight excluding hydrogens is 336 g/mol. The lowest BCUT2D eigenvalue weighted by molar-refractivity contribution is -0.122. The highest BCUT2D eigenvalue weighted by molar-refractivity contribution is 6.01. The van der Waals surface area contributed by atoms with Gasteiger partial charge in [-0.25, -0.2) is 4.79 Å². The highest BCUT2D eigenvalue weighted by Gasteiger charge is 2.22. The number of hydrogen-bond acceptors (Lipinski definition) is 4. The standard InChI is InChI=1S/C19H18N2O5/c1-11(18(23)21-15-6-3-2-5-13(15)19(24)25)26-16-8-4-7-14-12(16)9-10-17(22)20-14/h2-8,11H,9-10H2,1H3,(H,20,22)(H,21,23)(H,24,25). The molecule has 1 unspecified atom stereocenters. The molecule has 2 amide bonds. The van der Waals surface area contributed by atoms with Gasteiger partial charge in [0.1, 0.15) is 5.75 Å². The van der Waals surface area contributed by atoms with E-state index in [2.05, 4.69) is 10.6 Å². The van der Waals surface area contributed by atoms with Crippen LogP contribution in [-0.4, -0.2) is 29.0 Å². The van der Waals surface area contributed by atoms with Crippen LogP contribution >= 0.6 is 0 Å². The topological polar surface area (TPSA) is 105 Å². The Balaban J connectivity index is 1.74. The molecule has 0 fully saturated rings. The monoisotopic (exact) mass is 354 g/mol. The van der Waals surface area contributed by atoms with Gasteiger partial charge in [0.05, 0.1) is 11.3 Å². The van der Waals surface area contributed by atoms with Gasteiger partial charge in [0.25, 0.3) is 5.91 Å². The molecule has 2 aromatic carbocycles. The third-order valence-electron chi connectivity index (χ3n) is 4.10. The van der Waals surface area contributed by atoms with Crippen LogP contribution < -0.4 is 15.4 Å². The van der Waals surface area contributed by atoms with Crippen molar-refractivity contribution in [1.29, 1.82) is 0 Å². The molecule has 0 saturated heterocycles. The molecule has 1 aliphatic heterocycles. The molecule has 1 atom stereocenters. The molecule has 7 heteroatoms. The van der Waals surface area contributed by atoms with Gasteiger partial charge >= 0.3 is 5.97 Å². The molecule has 0 aliphatic carbocycles. The number of hydrogen-bond donors (Lipinski definition) is 3. The van der Waals surface area contributed by atoms with E-state index in [0.29, 0.717) is 24.3 Å². The van der Waals surface area contributed by atoms with Gasteiger partial charge in [-0.1, -0.05) is 18.2 Å². The summed E-state index contributed by atoms with van der Waals surface area (Å²) in [5.74, 6) is -1.11.